The van der Waals surface area contributed by atoms with Crippen LogP contribution in [0.1, 0.15) is 0 Å². The first kappa shape index (κ1) is 11.1. The van der Waals surface area contributed by atoms with Gasteiger partial charge >= 0.3 is 7.47 Å². The first-order valence-corrected chi connectivity index (χ1v) is 4.81. The normalized spacial score (nSPS) is 15.9. The number of rotatable bonds is 5. The molecule has 0 fully saturated rings. The van der Waals surface area contributed by atoms with Crippen molar-refractivity contribution in [2.75, 3.05) is 12.2 Å². The Morgan fingerprint density at radius 3 is 2.27 bits per heavy atom. The minimum absolute atomic E-state index is 0.569. The van der Waals surface area contributed by atoms with Crippen molar-refractivity contribution in [1.29, 1.82) is 0 Å². The lowest BCUT2D eigenvalue weighted by molar-refractivity contribution is 0.440. The molecule has 0 aromatic heterocycles. The van der Waals surface area contributed by atoms with Crippen LogP contribution in [-0.2, 0) is 30.4 Å². The Morgan fingerprint density at radius 1 is 1.36 bits per heavy atom. The zero-order valence-electron chi connectivity index (χ0n) is 5.49. The lowest BCUT2D eigenvalue weighted by Gasteiger charge is -1.97. The van der Waals surface area contributed by atoms with E-state index in [2.05, 4.69) is 8.28 Å². The average Bonchev–Trinajstić information content (AvgIpc) is 1.85. The van der Waals surface area contributed by atoms with Crippen molar-refractivity contribution in [3.8, 4) is 0 Å². The molecule has 0 bridgehead atoms. The van der Waals surface area contributed by atoms with Crippen molar-refractivity contribution < 1.29 is 25.3 Å². The van der Waals surface area contributed by atoms with Crippen molar-refractivity contribution in [3.63, 3.8) is 0 Å². The van der Waals surface area contributed by atoms with Gasteiger partial charge in [-0.05, 0) is 0 Å². The second kappa shape index (κ2) is 5.75. The van der Waals surface area contributed by atoms with E-state index in [1.807, 2.05) is 0 Å². The molecule has 0 spiro atoms. The molecule has 11 heavy (non-hydrogen) atoms. The van der Waals surface area contributed by atoms with Gasteiger partial charge in [-0.15, -0.1) is 0 Å². The van der Waals surface area contributed by atoms with Gasteiger partial charge in [0.1, 0.15) is 5.08 Å². The first-order valence-electron chi connectivity index (χ1n) is 2.32. The number of hydrogen-bond acceptors (Lipinski definition) is 4. The van der Waals surface area contributed by atoms with E-state index < -0.39 is 34.7 Å². The highest BCUT2D eigenvalue weighted by atomic mass is 32.3. The summed E-state index contributed by atoms with van der Waals surface area (Å²) >= 11 is -4.09. The fraction of sp³-hybridized carbons (Fsp3) is 1.00. The highest BCUT2D eigenvalue weighted by Crippen LogP contribution is 1.96. The predicted octanol–water partition coefficient (Wildman–Crippen LogP) is -0.142. The molecule has 0 aliphatic carbocycles. The summed E-state index contributed by atoms with van der Waals surface area (Å²) in [6, 6.07) is 0. The third kappa shape index (κ3) is 6.54. The lowest BCUT2D eigenvalue weighted by Crippen LogP contribution is -2.14. The summed E-state index contributed by atoms with van der Waals surface area (Å²) in [5.41, 5.74) is 0. The molecule has 0 radical (unpaired) electrons. The number of hydrogen-bond donors (Lipinski definition) is 0. The van der Waals surface area contributed by atoms with Crippen LogP contribution in [0.4, 0.5) is 8.63 Å². The van der Waals surface area contributed by atoms with Crippen LogP contribution in [0.15, 0.2) is 0 Å². The van der Waals surface area contributed by atoms with Crippen LogP contribution in [0.2, 0.25) is 0 Å². The standard InChI is InChI=1S/C2H5BF2O4S2/c1-8-10(6)2-11(7)9-3(4)5/h2H2,1H3. The van der Waals surface area contributed by atoms with Crippen molar-refractivity contribution in [3.05, 3.63) is 0 Å². The molecule has 2 unspecified atom stereocenters. The second-order valence-electron chi connectivity index (χ2n) is 1.25. The molecule has 4 nitrogen and oxygen atoms in total. The summed E-state index contributed by atoms with van der Waals surface area (Å²) in [5.74, 6) is 0. The third-order valence-corrected chi connectivity index (χ3v) is 2.83. The van der Waals surface area contributed by atoms with Crippen molar-refractivity contribution >= 4 is 29.6 Å². The summed E-state index contributed by atoms with van der Waals surface area (Å²) < 4.78 is 50.9. The van der Waals surface area contributed by atoms with Crippen LogP contribution in [0, 0.1) is 0 Å². The van der Waals surface area contributed by atoms with Gasteiger partial charge in [-0.3, -0.25) is 16.9 Å². The van der Waals surface area contributed by atoms with Gasteiger partial charge in [-0.1, -0.05) is 0 Å². The van der Waals surface area contributed by atoms with Gasteiger partial charge in [-0.2, -0.15) is 0 Å². The highest BCUT2D eigenvalue weighted by Gasteiger charge is 2.20. The molecular formula is C2H5BF2O4S2. The van der Waals surface area contributed by atoms with Crippen LogP contribution in [0.5, 0.6) is 0 Å². The molecule has 0 saturated heterocycles. The van der Waals surface area contributed by atoms with E-state index in [1.54, 1.807) is 0 Å². The van der Waals surface area contributed by atoms with E-state index in [1.165, 1.54) is 0 Å². The monoisotopic (exact) mass is 206 g/mol. The van der Waals surface area contributed by atoms with Gasteiger partial charge < -0.3 is 0 Å². The summed E-state index contributed by atoms with van der Waals surface area (Å²) in [6.07, 6.45) is 0. The first-order chi connectivity index (χ1) is 5.06. The van der Waals surface area contributed by atoms with E-state index in [-0.39, 0.29) is 0 Å². The Bertz CT molecular complexity index is 164. The zero-order chi connectivity index (χ0) is 8.85. The Morgan fingerprint density at radius 2 is 1.91 bits per heavy atom. The molecule has 0 aromatic rings. The third-order valence-electron chi connectivity index (χ3n) is 0.558. The fourth-order valence-corrected chi connectivity index (χ4v) is 1.63. The summed E-state index contributed by atoms with van der Waals surface area (Å²) in [6.45, 7) is 0. The Kier molecular flexibility index (Phi) is 5.83. The second-order valence-corrected chi connectivity index (χ2v) is 3.93. The van der Waals surface area contributed by atoms with Crippen LogP contribution >= 0.6 is 0 Å². The number of halogens is 2. The van der Waals surface area contributed by atoms with Gasteiger partial charge in [-0.25, -0.2) is 8.42 Å². The highest BCUT2D eigenvalue weighted by molar-refractivity contribution is 7.97. The molecule has 0 heterocycles. The van der Waals surface area contributed by atoms with Crippen molar-refractivity contribution in [2.24, 2.45) is 0 Å². The minimum atomic E-state index is -3.12. The lowest BCUT2D eigenvalue weighted by atomic mass is 10.4. The Labute approximate surface area is 67.8 Å². The zero-order valence-corrected chi connectivity index (χ0v) is 7.12. The van der Waals surface area contributed by atoms with E-state index in [9.17, 15) is 17.0 Å². The maximum absolute atomic E-state index is 11.3. The van der Waals surface area contributed by atoms with E-state index in [0.29, 0.717) is 0 Å². The van der Waals surface area contributed by atoms with Crippen LogP contribution in [0.3, 0.4) is 0 Å². The van der Waals surface area contributed by atoms with Gasteiger partial charge in [0.25, 0.3) is 0 Å². The van der Waals surface area contributed by atoms with Gasteiger partial charge in [0, 0.05) is 0 Å². The summed E-state index contributed by atoms with van der Waals surface area (Å²) in [5, 5.41) is -0.569. The molecule has 9 heteroatoms. The Balaban J connectivity index is 3.61. The van der Waals surface area contributed by atoms with E-state index in [0.717, 1.165) is 7.11 Å². The van der Waals surface area contributed by atoms with Gasteiger partial charge in [0.05, 0.1) is 7.11 Å². The summed E-state index contributed by atoms with van der Waals surface area (Å²) in [4.78, 5) is 0. The van der Waals surface area contributed by atoms with Crippen LogP contribution in [-0.4, -0.2) is 28.1 Å². The van der Waals surface area contributed by atoms with E-state index >= 15 is 0 Å². The average molecular weight is 206 g/mol. The molecular weight excluding hydrogens is 201 g/mol. The quantitative estimate of drug-likeness (QED) is 0.587. The largest absolute Gasteiger partial charge is 0.734 e. The topological polar surface area (TPSA) is 52.6 Å². The van der Waals surface area contributed by atoms with Crippen molar-refractivity contribution in [2.45, 2.75) is 0 Å². The maximum atomic E-state index is 11.3. The maximum Gasteiger partial charge on any atom is 0.734 e. The minimum Gasteiger partial charge on any atom is -0.293 e. The molecule has 0 aliphatic heterocycles. The van der Waals surface area contributed by atoms with Gasteiger partial charge in [0.15, 0.2) is 22.2 Å². The molecule has 0 N–H and O–H groups in total. The van der Waals surface area contributed by atoms with E-state index in [4.69, 9.17) is 0 Å². The van der Waals surface area contributed by atoms with Crippen LogP contribution in [0.25, 0.3) is 0 Å². The molecule has 66 valence electrons. The van der Waals surface area contributed by atoms with Crippen molar-refractivity contribution in [1.82, 2.24) is 0 Å². The molecule has 0 amide bonds. The van der Waals surface area contributed by atoms with Crippen LogP contribution < -0.4 is 0 Å². The van der Waals surface area contributed by atoms with Gasteiger partial charge in [0.2, 0.25) is 0 Å². The molecule has 0 aliphatic rings. The molecule has 2 atom stereocenters. The smallest absolute Gasteiger partial charge is 0.293 e. The molecule has 0 saturated carbocycles. The fourth-order valence-electron chi connectivity index (χ4n) is 0.236. The summed E-state index contributed by atoms with van der Waals surface area (Å²) in [7, 11) is -2.01. The Hall–Kier alpha value is 0.145. The molecule has 0 rings (SSSR count). The molecule has 0 aromatic carbocycles. The SMILES string of the molecule is COS(=O)CS(=O)OB(F)F. The predicted molar refractivity (Wildman–Crippen MR) is 37.2 cm³/mol.